The number of para-hydroxylation sites is 2. The maximum atomic E-state index is 14.0. The number of aromatic nitrogens is 2. The Kier molecular flexibility index (Phi) is 7.07. The molecular weight excluding hydrogens is 470 g/mol. The molecule has 1 amide bonds. The first-order valence-electron chi connectivity index (χ1n) is 13.6. The third-order valence-electron chi connectivity index (χ3n) is 7.66. The first-order valence-corrected chi connectivity index (χ1v) is 13.6. The lowest BCUT2D eigenvalue weighted by atomic mass is 9.93. The van der Waals surface area contributed by atoms with Gasteiger partial charge in [0.25, 0.3) is 0 Å². The van der Waals surface area contributed by atoms with Crippen LogP contribution in [0, 0.1) is 0 Å². The molecule has 1 aliphatic rings. The summed E-state index contributed by atoms with van der Waals surface area (Å²) in [5.41, 5.74) is 3.01. The first kappa shape index (κ1) is 24.2. The van der Waals surface area contributed by atoms with E-state index in [1.165, 1.54) is 24.8 Å². The second-order valence-electron chi connectivity index (χ2n) is 10.2. The lowest BCUT2D eigenvalue weighted by Crippen LogP contribution is -2.42. The summed E-state index contributed by atoms with van der Waals surface area (Å²) in [4.78, 5) is 21.0. The van der Waals surface area contributed by atoms with Gasteiger partial charge in [-0.15, -0.1) is 0 Å². The topological polar surface area (TPSA) is 47.4 Å². The highest BCUT2D eigenvalue weighted by molar-refractivity contribution is 5.88. The van der Waals surface area contributed by atoms with Gasteiger partial charge in [0, 0.05) is 18.0 Å². The molecule has 0 aliphatic heterocycles. The number of nitrogens with zero attached hydrogens (tertiary/aromatic N) is 3. The van der Waals surface area contributed by atoms with Gasteiger partial charge < -0.3 is 14.2 Å². The number of hydrogen-bond acceptors (Lipinski definition) is 3. The van der Waals surface area contributed by atoms with Crippen molar-refractivity contribution in [3.63, 3.8) is 0 Å². The Morgan fingerprint density at radius 1 is 0.842 bits per heavy atom. The van der Waals surface area contributed by atoms with Gasteiger partial charge in [0.2, 0.25) is 5.91 Å². The second kappa shape index (κ2) is 11.1. The van der Waals surface area contributed by atoms with E-state index in [0.717, 1.165) is 46.2 Å². The molecule has 192 valence electrons. The predicted molar refractivity (Wildman–Crippen MR) is 152 cm³/mol. The van der Waals surface area contributed by atoms with Crippen molar-refractivity contribution >= 4 is 27.7 Å². The molecule has 0 radical (unpaired) electrons. The van der Waals surface area contributed by atoms with E-state index in [1.54, 1.807) is 0 Å². The number of imidazole rings is 1. The van der Waals surface area contributed by atoms with E-state index in [9.17, 15) is 4.79 Å². The van der Waals surface area contributed by atoms with Crippen LogP contribution >= 0.6 is 0 Å². The monoisotopic (exact) mass is 503 g/mol. The van der Waals surface area contributed by atoms with Gasteiger partial charge in [-0.3, -0.25) is 4.79 Å². The van der Waals surface area contributed by atoms with Gasteiger partial charge in [0.1, 0.15) is 24.7 Å². The molecule has 38 heavy (non-hydrogen) atoms. The lowest BCUT2D eigenvalue weighted by Gasteiger charge is -2.35. The van der Waals surface area contributed by atoms with Crippen molar-refractivity contribution in [3.8, 4) is 5.75 Å². The van der Waals surface area contributed by atoms with E-state index in [0.29, 0.717) is 6.54 Å². The number of amides is 1. The number of ether oxygens (including phenoxy) is 1. The van der Waals surface area contributed by atoms with Crippen molar-refractivity contribution in [1.29, 1.82) is 0 Å². The summed E-state index contributed by atoms with van der Waals surface area (Å²) in [5, 5.41) is 2.21. The highest BCUT2D eigenvalue weighted by atomic mass is 16.5. The molecule has 0 atom stereocenters. The molecule has 0 saturated heterocycles. The molecule has 4 aromatic carbocycles. The van der Waals surface area contributed by atoms with E-state index in [1.807, 2.05) is 71.3 Å². The number of carbonyl (C=O) groups excluding carboxylic acids is 1. The number of benzene rings is 4. The molecular formula is C33H33N3O2. The van der Waals surface area contributed by atoms with Crippen LogP contribution < -0.4 is 4.74 Å². The van der Waals surface area contributed by atoms with E-state index in [-0.39, 0.29) is 25.1 Å². The van der Waals surface area contributed by atoms with Gasteiger partial charge >= 0.3 is 0 Å². The lowest BCUT2D eigenvalue weighted by molar-refractivity contribution is -0.135. The average Bonchev–Trinajstić information content (AvgIpc) is 3.32. The molecule has 1 aromatic heterocycles. The Labute approximate surface area is 223 Å². The summed E-state index contributed by atoms with van der Waals surface area (Å²) in [6.07, 6.45) is 5.76. The molecule has 6 rings (SSSR count). The SMILES string of the molecule is O=C(Cn1c(COc2cccc3ccccc23)nc2ccccc21)N(Cc1ccccc1)C1CCCCC1. The largest absolute Gasteiger partial charge is 0.485 e. The van der Waals surface area contributed by atoms with Crippen molar-refractivity contribution in [2.45, 2.75) is 57.8 Å². The zero-order chi connectivity index (χ0) is 25.7. The Hall–Kier alpha value is -4.12. The molecule has 1 saturated carbocycles. The minimum atomic E-state index is 0.135. The summed E-state index contributed by atoms with van der Waals surface area (Å²) in [7, 11) is 0. The maximum Gasteiger partial charge on any atom is 0.243 e. The third-order valence-corrected chi connectivity index (χ3v) is 7.66. The second-order valence-corrected chi connectivity index (χ2v) is 10.2. The molecule has 5 aromatic rings. The Balaban J connectivity index is 1.29. The fourth-order valence-electron chi connectivity index (χ4n) is 5.70. The van der Waals surface area contributed by atoms with Crippen LogP contribution in [0.15, 0.2) is 97.1 Å². The van der Waals surface area contributed by atoms with Gasteiger partial charge in [0.15, 0.2) is 0 Å². The van der Waals surface area contributed by atoms with E-state index in [4.69, 9.17) is 9.72 Å². The molecule has 0 unspecified atom stereocenters. The molecule has 5 nitrogen and oxygen atoms in total. The molecule has 1 heterocycles. The van der Waals surface area contributed by atoms with Gasteiger partial charge in [-0.25, -0.2) is 4.98 Å². The van der Waals surface area contributed by atoms with Gasteiger partial charge in [-0.1, -0.05) is 98.1 Å². The van der Waals surface area contributed by atoms with Gasteiger partial charge in [0.05, 0.1) is 11.0 Å². The van der Waals surface area contributed by atoms with Crippen LogP contribution in [-0.4, -0.2) is 26.4 Å². The highest BCUT2D eigenvalue weighted by Gasteiger charge is 2.27. The molecule has 0 bridgehead atoms. The minimum Gasteiger partial charge on any atom is -0.485 e. The van der Waals surface area contributed by atoms with Crippen LogP contribution in [0.4, 0.5) is 0 Å². The third kappa shape index (κ3) is 5.14. The Bertz CT molecular complexity index is 1530. The van der Waals surface area contributed by atoms with Crippen molar-refractivity contribution in [3.05, 3.63) is 108 Å². The quantitative estimate of drug-likeness (QED) is 0.226. The van der Waals surface area contributed by atoms with Crippen LogP contribution in [0.2, 0.25) is 0 Å². The highest BCUT2D eigenvalue weighted by Crippen LogP contribution is 2.28. The number of fused-ring (bicyclic) bond motifs is 2. The zero-order valence-corrected chi connectivity index (χ0v) is 21.6. The molecule has 0 N–H and O–H groups in total. The summed E-state index contributed by atoms with van der Waals surface area (Å²) >= 11 is 0. The molecule has 1 fully saturated rings. The zero-order valence-electron chi connectivity index (χ0n) is 21.6. The maximum absolute atomic E-state index is 14.0. The van der Waals surface area contributed by atoms with Crippen LogP contribution in [0.1, 0.15) is 43.5 Å². The normalized spacial score (nSPS) is 14.1. The summed E-state index contributed by atoms with van der Waals surface area (Å²) < 4.78 is 8.37. The van der Waals surface area contributed by atoms with Crippen molar-refractivity contribution in [1.82, 2.24) is 14.5 Å². The summed E-state index contributed by atoms with van der Waals surface area (Å²) in [5.74, 6) is 1.71. The molecule has 1 aliphatic carbocycles. The van der Waals surface area contributed by atoms with Crippen molar-refractivity contribution in [2.24, 2.45) is 0 Å². The first-order chi connectivity index (χ1) is 18.8. The van der Waals surface area contributed by atoms with E-state index >= 15 is 0 Å². The van der Waals surface area contributed by atoms with Crippen molar-refractivity contribution < 1.29 is 9.53 Å². The summed E-state index contributed by atoms with van der Waals surface area (Å²) in [6, 6.07) is 32.9. The summed E-state index contributed by atoms with van der Waals surface area (Å²) in [6.45, 7) is 1.18. The molecule has 5 heteroatoms. The van der Waals surface area contributed by atoms with Gasteiger partial charge in [-0.2, -0.15) is 0 Å². The smallest absolute Gasteiger partial charge is 0.243 e. The van der Waals surface area contributed by atoms with Crippen molar-refractivity contribution in [2.75, 3.05) is 0 Å². The predicted octanol–water partition coefficient (Wildman–Crippen LogP) is 7.13. The number of hydrogen-bond donors (Lipinski definition) is 0. The average molecular weight is 504 g/mol. The van der Waals surface area contributed by atoms with Crippen LogP contribution in [0.25, 0.3) is 21.8 Å². The standard InChI is InChI=1S/C33H33N3O2/c37-33(35(27-16-5-2-6-17-27)22-25-12-3-1-4-13-25)23-36-30-20-10-9-19-29(30)34-32(36)24-38-31-21-11-15-26-14-7-8-18-28(26)31/h1,3-4,7-15,18-21,27H,2,5-6,16-17,22-24H2. The Morgan fingerprint density at radius 3 is 2.45 bits per heavy atom. The number of rotatable bonds is 8. The fraction of sp³-hybridized carbons (Fsp3) is 0.273. The minimum absolute atomic E-state index is 0.135. The van der Waals surface area contributed by atoms with Gasteiger partial charge in [-0.05, 0) is 42.0 Å². The van der Waals surface area contributed by atoms with Crippen LogP contribution in [0.5, 0.6) is 5.75 Å². The fourth-order valence-corrected chi connectivity index (χ4v) is 5.70. The Morgan fingerprint density at radius 2 is 1.58 bits per heavy atom. The van der Waals surface area contributed by atoms with Crippen LogP contribution in [0.3, 0.4) is 0 Å². The number of carbonyl (C=O) groups is 1. The molecule has 0 spiro atoms. The van der Waals surface area contributed by atoms with E-state index < -0.39 is 0 Å². The van der Waals surface area contributed by atoms with Crippen LogP contribution in [-0.2, 0) is 24.5 Å². The van der Waals surface area contributed by atoms with E-state index in [2.05, 4.69) is 35.2 Å².